The summed E-state index contributed by atoms with van der Waals surface area (Å²) in [6.45, 7) is 6.22. The number of ether oxygens (including phenoxy) is 1. The molecule has 0 saturated carbocycles. The lowest BCUT2D eigenvalue weighted by atomic mass is 10.3. The van der Waals surface area contributed by atoms with Crippen molar-refractivity contribution in [3.05, 3.63) is 43.1 Å². The molecule has 0 aromatic carbocycles. The Hall–Kier alpha value is -2.10. The summed E-state index contributed by atoms with van der Waals surface area (Å²) in [4.78, 5) is 8.27. The van der Waals surface area contributed by atoms with E-state index < -0.39 is 0 Å². The highest BCUT2D eigenvalue weighted by molar-refractivity contribution is 5.58. The summed E-state index contributed by atoms with van der Waals surface area (Å²) in [7, 11) is 0. The highest BCUT2D eigenvalue weighted by Gasteiger charge is 2.09. The molecule has 0 amide bonds. The van der Waals surface area contributed by atoms with Crippen LogP contribution in [-0.2, 0) is 4.74 Å². The van der Waals surface area contributed by atoms with Gasteiger partial charge in [-0.25, -0.2) is 4.98 Å². The van der Waals surface area contributed by atoms with E-state index in [-0.39, 0.29) is 0 Å². The molecule has 0 unspecified atom stereocenters. The molecule has 0 bridgehead atoms. The first kappa shape index (κ1) is 10.4. The summed E-state index contributed by atoms with van der Waals surface area (Å²) >= 11 is 0. The molecule has 0 saturated heterocycles. The monoisotopic (exact) mass is 216 g/mol. The number of aromatic nitrogens is 2. The van der Waals surface area contributed by atoms with E-state index in [1.54, 1.807) is 12.4 Å². The fourth-order valence-corrected chi connectivity index (χ4v) is 1.27. The van der Waals surface area contributed by atoms with Gasteiger partial charge in [-0.05, 0) is 19.1 Å². The Morgan fingerprint density at radius 2 is 2.44 bits per heavy atom. The third-order valence-corrected chi connectivity index (χ3v) is 2.02. The van der Waals surface area contributed by atoms with Crippen molar-refractivity contribution in [3.63, 3.8) is 0 Å². The Kier molecular flexibility index (Phi) is 3.00. The predicted molar refractivity (Wildman–Crippen MR) is 60.4 cm³/mol. The summed E-state index contributed by atoms with van der Waals surface area (Å²) in [5, 5.41) is 0. The van der Waals surface area contributed by atoms with E-state index in [9.17, 15) is 0 Å². The van der Waals surface area contributed by atoms with Gasteiger partial charge < -0.3 is 9.15 Å². The van der Waals surface area contributed by atoms with Crippen LogP contribution in [0.2, 0.25) is 0 Å². The molecule has 0 aliphatic carbocycles. The smallest absolute Gasteiger partial charge is 0.228 e. The second-order valence-electron chi connectivity index (χ2n) is 3.14. The van der Waals surface area contributed by atoms with Gasteiger partial charge in [0.1, 0.15) is 17.7 Å². The van der Waals surface area contributed by atoms with Crippen LogP contribution in [0.3, 0.4) is 0 Å². The fraction of sp³-hybridized carbons (Fsp3) is 0.167. The molecule has 2 rings (SSSR count). The molecular formula is C12H12N2O2. The zero-order valence-electron chi connectivity index (χ0n) is 9.01. The average molecular weight is 216 g/mol. The standard InChI is InChI=1S/C12H12N2O2/c1-3-15-9(2)11-8-16-12(14-11)10-5-4-6-13-7-10/h4-8H,2-3H2,1H3. The third kappa shape index (κ3) is 2.11. The van der Waals surface area contributed by atoms with E-state index in [0.717, 1.165) is 5.56 Å². The first-order valence-electron chi connectivity index (χ1n) is 4.99. The van der Waals surface area contributed by atoms with Crippen LogP contribution in [0.5, 0.6) is 0 Å². The average Bonchev–Trinajstić information content (AvgIpc) is 2.80. The Bertz CT molecular complexity index is 477. The van der Waals surface area contributed by atoms with Crippen LogP contribution in [-0.4, -0.2) is 16.6 Å². The Labute approximate surface area is 93.6 Å². The number of hydrogen-bond donors (Lipinski definition) is 0. The number of nitrogens with zero attached hydrogens (tertiary/aromatic N) is 2. The van der Waals surface area contributed by atoms with E-state index in [0.29, 0.717) is 24.0 Å². The molecule has 16 heavy (non-hydrogen) atoms. The van der Waals surface area contributed by atoms with Crippen LogP contribution >= 0.6 is 0 Å². The van der Waals surface area contributed by atoms with Crippen molar-refractivity contribution in [1.29, 1.82) is 0 Å². The van der Waals surface area contributed by atoms with Gasteiger partial charge in [-0.3, -0.25) is 4.98 Å². The summed E-state index contributed by atoms with van der Waals surface area (Å²) < 4.78 is 10.6. The summed E-state index contributed by atoms with van der Waals surface area (Å²) in [6.07, 6.45) is 4.92. The highest BCUT2D eigenvalue weighted by Crippen LogP contribution is 2.20. The zero-order valence-corrected chi connectivity index (χ0v) is 9.01. The van der Waals surface area contributed by atoms with Gasteiger partial charge >= 0.3 is 0 Å². The lowest BCUT2D eigenvalue weighted by molar-refractivity contribution is 0.297. The number of oxazole rings is 1. The third-order valence-electron chi connectivity index (χ3n) is 2.02. The van der Waals surface area contributed by atoms with Crippen molar-refractivity contribution in [3.8, 4) is 11.5 Å². The van der Waals surface area contributed by atoms with E-state index >= 15 is 0 Å². The molecule has 0 radical (unpaired) electrons. The molecule has 0 spiro atoms. The molecule has 2 heterocycles. The lowest BCUT2D eigenvalue weighted by Gasteiger charge is -2.00. The van der Waals surface area contributed by atoms with Gasteiger partial charge in [0.15, 0.2) is 0 Å². The maximum Gasteiger partial charge on any atom is 0.228 e. The first-order valence-corrected chi connectivity index (χ1v) is 4.99. The molecule has 4 heteroatoms. The number of hydrogen-bond acceptors (Lipinski definition) is 4. The minimum absolute atomic E-state index is 0.515. The number of rotatable bonds is 4. The van der Waals surface area contributed by atoms with Crippen molar-refractivity contribution in [1.82, 2.24) is 9.97 Å². The minimum Gasteiger partial charge on any atom is -0.492 e. The van der Waals surface area contributed by atoms with Crippen LogP contribution in [0.4, 0.5) is 0 Å². The molecule has 0 fully saturated rings. The van der Waals surface area contributed by atoms with Gasteiger partial charge in [0, 0.05) is 12.4 Å². The maximum atomic E-state index is 5.33. The van der Waals surface area contributed by atoms with Crippen LogP contribution in [0.1, 0.15) is 12.6 Å². The quantitative estimate of drug-likeness (QED) is 0.737. The van der Waals surface area contributed by atoms with Gasteiger partial charge in [0.25, 0.3) is 0 Å². The molecule has 0 aliphatic rings. The van der Waals surface area contributed by atoms with E-state index in [4.69, 9.17) is 9.15 Å². The molecule has 0 aliphatic heterocycles. The SMILES string of the molecule is C=C(OCC)c1coc(-c2cccnc2)n1. The van der Waals surface area contributed by atoms with Crippen molar-refractivity contribution < 1.29 is 9.15 Å². The minimum atomic E-state index is 0.515. The Morgan fingerprint density at radius 1 is 1.56 bits per heavy atom. The predicted octanol–water partition coefficient (Wildman–Crippen LogP) is 2.74. The van der Waals surface area contributed by atoms with Gasteiger partial charge in [-0.15, -0.1) is 0 Å². The molecule has 0 atom stereocenters. The van der Waals surface area contributed by atoms with Gasteiger partial charge in [0.05, 0.1) is 12.2 Å². The normalized spacial score (nSPS) is 10.1. The van der Waals surface area contributed by atoms with E-state index in [1.165, 1.54) is 6.26 Å². The van der Waals surface area contributed by atoms with Gasteiger partial charge in [-0.2, -0.15) is 0 Å². The van der Waals surface area contributed by atoms with Crippen molar-refractivity contribution >= 4 is 5.76 Å². The molecular weight excluding hydrogens is 204 g/mol. The topological polar surface area (TPSA) is 48.2 Å². The van der Waals surface area contributed by atoms with Crippen molar-refractivity contribution in [2.75, 3.05) is 6.61 Å². The van der Waals surface area contributed by atoms with Crippen molar-refractivity contribution in [2.24, 2.45) is 0 Å². The second-order valence-corrected chi connectivity index (χ2v) is 3.14. The maximum absolute atomic E-state index is 5.33. The largest absolute Gasteiger partial charge is 0.492 e. The second kappa shape index (κ2) is 4.61. The zero-order chi connectivity index (χ0) is 11.4. The summed E-state index contributed by atoms with van der Waals surface area (Å²) in [6, 6.07) is 3.71. The van der Waals surface area contributed by atoms with Crippen LogP contribution in [0, 0.1) is 0 Å². The van der Waals surface area contributed by atoms with Crippen molar-refractivity contribution in [2.45, 2.75) is 6.92 Å². The van der Waals surface area contributed by atoms with Gasteiger partial charge in [0.2, 0.25) is 5.89 Å². The first-order chi connectivity index (χ1) is 7.81. The summed E-state index contributed by atoms with van der Waals surface area (Å²) in [5.74, 6) is 1.03. The molecule has 0 N–H and O–H groups in total. The lowest BCUT2D eigenvalue weighted by Crippen LogP contribution is -1.90. The summed E-state index contributed by atoms with van der Waals surface area (Å²) in [5.41, 5.74) is 1.44. The van der Waals surface area contributed by atoms with Crippen LogP contribution in [0.25, 0.3) is 17.2 Å². The molecule has 82 valence electrons. The molecule has 2 aromatic heterocycles. The molecule has 4 nitrogen and oxygen atoms in total. The fourth-order valence-electron chi connectivity index (χ4n) is 1.27. The number of pyridine rings is 1. The van der Waals surface area contributed by atoms with Gasteiger partial charge in [-0.1, -0.05) is 6.58 Å². The Morgan fingerprint density at radius 3 is 3.12 bits per heavy atom. The van der Waals surface area contributed by atoms with Crippen LogP contribution in [0.15, 0.2) is 41.8 Å². The van der Waals surface area contributed by atoms with Crippen LogP contribution < -0.4 is 0 Å². The highest BCUT2D eigenvalue weighted by atomic mass is 16.5. The Balaban J connectivity index is 2.23. The van der Waals surface area contributed by atoms with E-state index in [2.05, 4.69) is 16.5 Å². The van der Waals surface area contributed by atoms with E-state index in [1.807, 2.05) is 19.1 Å². The molecule has 2 aromatic rings.